The Labute approximate surface area is 129 Å². The van der Waals surface area contributed by atoms with Gasteiger partial charge in [0.1, 0.15) is 0 Å². The third-order valence-corrected chi connectivity index (χ3v) is 3.71. The van der Waals surface area contributed by atoms with E-state index >= 15 is 0 Å². The van der Waals surface area contributed by atoms with Gasteiger partial charge in [-0.05, 0) is 23.6 Å². The zero-order valence-electron chi connectivity index (χ0n) is 12.4. The van der Waals surface area contributed by atoms with E-state index in [1.54, 1.807) is 12.1 Å². The molecule has 0 unspecified atom stereocenters. The van der Waals surface area contributed by atoms with Crippen molar-refractivity contribution in [1.82, 2.24) is 0 Å². The summed E-state index contributed by atoms with van der Waals surface area (Å²) in [5.41, 5.74) is 1.59. The highest BCUT2D eigenvalue weighted by Crippen LogP contribution is 2.27. The number of carbonyl (C=O) groups excluding carboxylic acids is 1. The molecule has 0 heterocycles. The zero-order valence-corrected chi connectivity index (χ0v) is 12.4. The Hall–Kier alpha value is -2.62. The Bertz CT molecular complexity index is 625. The van der Waals surface area contributed by atoms with Gasteiger partial charge in [0.15, 0.2) is 0 Å². The fraction of sp³-hybridized carbons (Fsp3) is 0.222. The van der Waals surface area contributed by atoms with E-state index < -0.39 is 11.9 Å². The van der Waals surface area contributed by atoms with Crippen molar-refractivity contribution in [3.05, 3.63) is 66.2 Å². The second kappa shape index (κ2) is 7.41. The molecule has 2 N–H and O–H groups in total. The van der Waals surface area contributed by atoms with Gasteiger partial charge in [-0.1, -0.05) is 55.5 Å². The second-order valence-electron chi connectivity index (χ2n) is 5.26. The average molecular weight is 297 g/mol. The van der Waals surface area contributed by atoms with Crippen LogP contribution in [0.4, 0.5) is 5.69 Å². The Balaban J connectivity index is 2.06. The van der Waals surface area contributed by atoms with Crippen LogP contribution in [0.1, 0.15) is 24.8 Å². The van der Waals surface area contributed by atoms with Crippen LogP contribution in [-0.4, -0.2) is 17.0 Å². The third kappa shape index (κ3) is 4.19. The molecular weight excluding hydrogens is 278 g/mol. The second-order valence-corrected chi connectivity index (χ2v) is 5.26. The Morgan fingerprint density at radius 2 is 1.55 bits per heavy atom. The lowest BCUT2D eigenvalue weighted by Crippen LogP contribution is -2.26. The van der Waals surface area contributed by atoms with Crippen LogP contribution in [0.15, 0.2) is 60.7 Å². The van der Waals surface area contributed by atoms with Gasteiger partial charge < -0.3 is 10.4 Å². The number of para-hydroxylation sites is 1. The summed E-state index contributed by atoms with van der Waals surface area (Å²) in [6.07, 6.45) is -0.0553. The van der Waals surface area contributed by atoms with E-state index in [2.05, 4.69) is 5.32 Å². The maximum Gasteiger partial charge on any atom is 0.307 e. The predicted molar refractivity (Wildman–Crippen MR) is 85.7 cm³/mol. The minimum absolute atomic E-state index is 0.0553. The van der Waals surface area contributed by atoms with Gasteiger partial charge in [0.25, 0.3) is 0 Å². The first-order valence-corrected chi connectivity index (χ1v) is 7.20. The van der Waals surface area contributed by atoms with Gasteiger partial charge in [-0.25, -0.2) is 0 Å². The first-order valence-electron chi connectivity index (χ1n) is 7.20. The number of nitrogens with one attached hydrogen (secondary N) is 1. The summed E-state index contributed by atoms with van der Waals surface area (Å²) in [5, 5.41) is 12.2. The molecule has 1 amide bonds. The lowest BCUT2D eigenvalue weighted by atomic mass is 9.85. The summed E-state index contributed by atoms with van der Waals surface area (Å²) in [6, 6.07) is 18.4. The number of carboxylic acid groups (broad SMARTS) is 1. The fourth-order valence-corrected chi connectivity index (χ4v) is 2.40. The van der Waals surface area contributed by atoms with Gasteiger partial charge in [-0.15, -0.1) is 0 Å². The molecule has 0 aliphatic heterocycles. The highest BCUT2D eigenvalue weighted by atomic mass is 16.4. The van der Waals surface area contributed by atoms with Gasteiger partial charge in [0.2, 0.25) is 5.91 Å². The van der Waals surface area contributed by atoms with Crippen molar-refractivity contribution in [2.75, 3.05) is 5.32 Å². The molecular formula is C18H19NO3. The summed E-state index contributed by atoms with van der Waals surface area (Å²) in [7, 11) is 0. The molecule has 0 aliphatic carbocycles. The van der Waals surface area contributed by atoms with Crippen LogP contribution < -0.4 is 5.32 Å². The molecule has 0 radical (unpaired) electrons. The highest BCUT2D eigenvalue weighted by Gasteiger charge is 2.28. The Kier molecular flexibility index (Phi) is 5.31. The van der Waals surface area contributed by atoms with E-state index in [-0.39, 0.29) is 18.2 Å². The van der Waals surface area contributed by atoms with Crippen molar-refractivity contribution in [3.63, 3.8) is 0 Å². The number of carbonyl (C=O) groups is 2. The molecule has 2 atom stereocenters. The quantitative estimate of drug-likeness (QED) is 0.857. The molecule has 2 aromatic carbocycles. The van der Waals surface area contributed by atoms with Crippen molar-refractivity contribution in [2.45, 2.75) is 19.3 Å². The van der Waals surface area contributed by atoms with Crippen molar-refractivity contribution in [1.29, 1.82) is 0 Å². The molecule has 4 heteroatoms. The van der Waals surface area contributed by atoms with Crippen LogP contribution in [0.3, 0.4) is 0 Å². The monoisotopic (exact) mass is 297 g/mol. The molecule has 2 aromatic rings. The lowest BCUT2D eigenvalue weighted by Gasteiger charge is -2.20. The van der Waals surface area contributed by atoms with Crippen molar-refractivity contribution < 1.29 is 14.7 Å². The van der Waals surface area contributed by atoms with E-state index in [9.17, 15) is 14.7 Å². The Morgan fingerprint density at radius 1 is 1.00 bits per heavy atom. The smallest absolute Gasteiger partial charge is 0.307 e. The molecule has 0 saturated heterocycles. The van der Waals surface area contributed by atoms with Gasteiger partial charge in [0.05, 0.1) is 5.92 Å². The highest BCUT2D eigenvalue weighted by molar-refractivity contribution is 5.93. The van der Waals surface area contributed by atoms with Crippen LogP contribution in [0, 0.1) is 5.92 Å². The minimum atomic E-state index is -0.959. The predicted octanol–water partition coefficient (Wildman–Crippen LogP) is 3.52. The van der Waals surface area contributed by atoms with Crippen LogP contribution in [0.2, 0.25) is 0 Å². The Morgan fingerprint density at radius 3 is 2.09 bits per heavy atom. The molecule has 0 aromatic heterocycles. The van der Waals surface area contributed by atoms with Crippen LogP contribution in [0.25, 0.3) is 0 Å². The SMILES string of the molecule is C[C@@H](c1ccccc1)[C@@H](CC(=O)Nc1ccccc1)C(=O)O. The number of rotatable bonds is 6. The van der Waals surface area contributed by atoms with Gasteiger partial charge in [-0.3, -0.25) is 9.59 Å². The first-order chi connectivity index (χ1) is 10.6. The van der Waals surface area contributed by atoms with E-state index in [1.807, 2.05) is 55.5 Å². The van der Waals surface area contributed by atoms with Crippen LogP contribution in [-0.2, 0) is 9.59 Å². The van der Waals surface area contributed by atoms with Crippen molar-refractivity contribution in [2.24, 2.45) is 5.92 Å². The fourth-order valence-electron chi connectivity index (χ4n) is 2.40. The summed E-state index contributed by atoms with van der Waals surface area (Å²) < 4.78 is 0. The summed E-state index contributed by atoms with van der Waals surface area (Å²) in [4.78, 5) is 23.6. The molecule has 0 fully saturated rings. The van der Waals surface area contributed by atoms with E-state index in [0.717, 1.165) is 5.56 Å². The molecule has 0 saturated carbocycles. The van der Waals surface area contributed by atoms with E-state index in [1.165, 1.54) is 0 Å². The summed E-state index contributed by atoms with van der Waals surface area (Å²) >= 11 is 0. The van der Waals surface area contributed by atoms with Crippen LogP contribution in [0.5, 0.6) is 0 Å². The minimum Gasteiger partial charge on any atom is -0.481 e. The lowest BCUT2D eigenvalue weighted by molar-refractivity contribution is -0.144. The number of benzene rings is 2. The van der Waals surface area contributed by atoms with Gasteiger partial charge in [-0.2, -0.15) is 0 Å². The maximum atomic E-state index is 12.1. The number of amides is 1. The first kappa shape index (κ1) is 15.8. The normalized spacial score (nSPS) is 13.1. The molecule has 0 aliphatic rings. The largest absolute Gasteiger partial charge is 0.481 e. The van der Waals surface area contributed by atoms with E-state index in [0.29, 0.717) is 5.69 Å². The van der Waals surface area contributed by atoms with E-state index in [4.69, 9.17) is 0 Å². The standard InChI is InChI=1S/C18H19NO3/c1-13(14-8-4-2-5-9-14)16(18(21)22)12-17(20)19-15-10-6-3-7-11-15/h2-11,13,16H,12H2,1H3,(H,19,20)(H,21,22)/t13-,16+/m0/s1. The molecule has 4 nitrogen and oxygen atoms in total. The van der Waals surface area contributed by atoms with Gasteiger partial charge in [0, 0.05) is 12.1 Å². The molecule has 114 valence electrons. The molecule has 22 heavy (non-hydrogen) atoms. The molecule has 0 bridgehead atoms. The summed E-state index contributed by atoms with van der Waals surface area (Å²) in [6.45, 7) is 1.84. The number of hydrogen-bond donors (Lipinski definition) is 2. The maximum absolute atomic E-state index is 12.1. The third-order valence-electron chi connectivity index (χ3n) is 3.71. The molecule has 2 rings (SSSR count). The van der Waals surface area contributed by atoms with Crippen molar-refractivity contribution in [3.8, 4) is 0 Å². The number of carboxylic acids is 1. The number of anilines is 1. The van der Waals surface area contributed by atoms with Crippen LogP contribution >= 0.6 is 0 Å². The summed E-state index contributed by atoms with van der Waals surface area (Å²) in [5.74, 6) is -2.24. The zero-order chi connectivity index (χ0) is 15.9. The number of aliphatic carboxylic acids is 1. The molecule has 0 spiro atoms. The average Bonchev–Trinajstić information content (AvgIpc) is 2.53. The number of hydrogen-bond acceptors (Lipinski definition) is 2. The van der Waals surface area contributed by atoms with Crippen molar-refractivity contribution >= 4 is 17.6 Å². The topological polar surface area (TPSA) is 66.4 Å². The van der Waals surface area contributed by atoms with Gasteiger partial charge >= 0.3 is 5.97 Å².